The topological polar surface area (TPSA) is 166 Å². The van der Waals surface area contributed by atoms with Gasteiger partial charge < -0.3 is 24.6 Å². The van der Waals surface area contributed by atoms with E-state index in [1.54, 1.807) is 12.2 Å². The van der Waals surface area contributed by atoms with Gasteiger partial charge >= 0.3 is 19.8 Å². The molecule has 0 aromatic rings. The number of unbranched alkanes of at least 4 members (excludes halogenated alkanes) is 6. The monoisotopic (exact) mass is 859 g/mol. The van der Waals surface area contributed by atoms with Crippen LogP contribution in [0.5, 0.6) is 0 Å². The lowest BCUT2D eigenvalue weighted by molar-refractivity contribution is -0.161. The van der Waals surface area contributed by atoms with E-state index < -0.39 is 58.4 Å². The van der Waals surface area contributed by atoms with Gasteiger partial charge in [-0.2, -0.15) is 0 Å². The molecule has 0 aromatic heterocycles. The van der Waals surface area contributed by atoms with Gasteiger partial charge in [0.25, 0.3) is 0 Å². The summed E-state index contributed by atoms with van der Waals surface area (Å²) in [6.07, 6.45) is 49.3. The Morgan fingerprint density at radius 1 is 0.550 bits per heavy atom. The average Bonchev–Trinajstić information content (AvgIpc) is 3.23. The van der Waals surface area contributed by atoms with E-state index in [1.165, 1.54) is 44.6 Å². The fourth-order valence-corrected chi connectivity index (χ4v) is 5.78. The first-order chi connectivity index (χ1) is 29.1. The van der Waals surface area contributed by atoms with Crippen LogP contribution >= 0.6 is 7.82 Å². The number of esters is 2. The van der Waals surface area contributed by atoms with Crippen LogP contribution in [0, 0.1) is 0 Å². The Morgan fingerprint density at radius 3 is 1.55 bits per heavy atom. The number of ether oxygens (including phenoxy) is 2. The third-order valence-electron chi connectivity index (χ3n) is 8.39. The fourth-order valence-electron chi connectivity index (χ4n) is 4.99. The molecule has 0 aliphatic rings. The van der Waals surface area contributed by atoms with Crippen molar-refractivity contribution in [3.8, 4) is 0 Å². The van der Waals surface area contributed by atoms with Crippen LogP contribution < -0.4 is 0 Å². The lowest BCUT2D eigenvalue weighted by atomic mass is 10.1. The molecule has 0 rings (SSSR count). The molecule has 0 spiro atoms. The number of aliphatic hydroxyl groups is 2. The van der Waals surface area contributed by atoms with Crippen molar-refractivity contribution >= 4 is 25.5 Å². The SMILES string of the molecule is CCCCC/C=C\C/C=C\C/C=C\C=C\C(=O)CCCC(=O)O[C@H](COC(=O)CC/C=C\C/C=C\C/C=C\C/C=C\C/C=C\CCCCC)COP(=O)(O)OC[C@@H](O)CO. The Labute approximate surface area is 361 Å². The largest absolute Gasteiger partial charge is 0.472 e. The van der Waals surface area contributed by atoms with Crippen LogP contribution in [0.3, 0.4) is 0 Å². The Balaban J connectivity index is 4.64. The number of phosphoric acid groups is 1. The number of phosphoric ester groups is 1. The predicted molar refractivity (Wildman–Crippen MR) is 242 cm³/mol. The van der Waals surface area contributed by atoms with E-state index >= 15 is 0 Å². The second-order valence-corrected chi connectivity index (χ2v) is 15.5. The summed E-state index contributed by atoms with van der Waals surface area (Å²) in [6, 6.07) is 0. The molecule has 60 heavy (non-hydrogen) atoms. The summed E-state index contributed by atoms with van der Waals surface area (Å²) in [7, 11) is -4.71. The highest BCUT2D eigenvalue weighted by atomic mass is 31.2. The molecule has 0 amide bonds. The van der Waals surface area contributed by atoms with Crippen LogP contribution in [-0.2, 0) is 37.5 Å². The number of aliphatic hydroxyl groups excluding tert-OH is 2. The molecule has 0 aliphatic heterocycles. The predicted octanol–water partition coefficient (Wildman–Crippen LogP) is 11.0. The zero-order valence-electron chi connectivity index (χ0n) is 36.4. The summed E-state index contributed by atoms with van der Waals surface area (Å²) in [6.45, 7) is 1.93. The van der Waals surface area contributed by atoms with Crippen molar-refractivity contribution in [2.24, 2.45) is 0 Å². The van der Waals surface area contributed by atoms with Gasteiger partial charge in [0.15, 0.2) is 11.9 Å². The highest BCUT2D eigenvalue weighted by molar-refractivity contribution is 7.47. The van der Waals surface area contributed by atoms with Crippen LogP contribution in [0.1, 0.15) is 136 Å². The minimum Gasteiger partial charge on any atom is -0.462 e. The summed E-state index contributed by atoms with van der Waals surface area (Å²) in [5.74, 6) is -1.45. The first kappa shape index (κ1) is 56.3. The van der Waals surface area contributed by atoms with E-state index in [-0.39, 0.29) is 31.5 Å². The van der Waals surface area contributed by atoms with Crippen molar-refractivity contribution in [1.29, 1.82) is 0 Å². The number of carbonyl (C=O) groups is 3. The maximum absolute atomic E-state index is 12.6. The number of carbonyl (C=O) groups excluding carboxylic acids is 3. The number of allylic oxidation sites excluding steroid dienone is 18. The standard InChI is InChI=1S/C48H75O11P/c1-3-5-7-9-11-13-15-17-18-19-20-21-22-24-26-28-30-32-34-38-47(52)56-42-46(43-58-60(54,55)57-41-45(51)40-49)59-48(53)39-35-37-44(50)36-33-31-29-27-25-23-16-14-12-10-8-6-4-2/h11-14,17-18,20-21,23-26,29-33,36,45-46,49,51H,3-10,15-16,19,22,27-28,34-35,37-43H2,1-2H3,(H,54,55)/b13-11-,14-12-,18-17-,21-20-,25-23-,26-24-,31-29-,32-30-,36-33+/t45-,46+/m0/s1. The Morgan fingerprint density at radius 2 is 1.03 bits per heavy atom. The molecule has 0 radical (unpaired) electrons. The van der Waals surface area contributed by atoms with Gasteiger partial charge in [0.2, 0.25) is 0 Å². The van der Waals surface area contributed by atoms with Gasteiger partial charge in [0.1, 0.15) is 12.7 Å². The number of ketones is 1. The molecule has 0 aromatic carbocycles. The van der Waals surface area contributed by atoms with Gasteiger partial charge in [0, 0.05) is 19.3 Å². The van der Waals surface area contributed by atoms with E-state index in [2.05, 4.69) is 85.2 Å². The summed E-state index contributed by atoms with van der Waals surface area (Å²) in [4.78, 5) is 47.2. The molecular formula is C48H75O11P. The summed E-state index contributed by atoms with van der Waals surface area (Å²) in [5, 5.41) is 18.3. The summed E-state index contributed by atoms with van der Waals surface area (Å²) in [5.41, 5.74) is 0. The molecular weight excluding hydrogens is 783 g/mol. The van der Waals surface area contributed by atoms with Crippen LogP contribution in [-0.4, -0.2) is 71.5 Å². The molecule has 1 unspecified atom stereocenters. The zero-order valence-corrected chi connectivity index (χ0v) is 37.3. The summed E-state index contributed by atoms with van der Waals surface area (Å²) >= 11 is 0. The lowest BCUT2D eigenvalue weighted by Gasteiger charge is -2.20. The van der Waals surface area contributed by atoms with Gasteiger partial charge in [-0.05, 0) is 83.1 Å². The molecule has 0 bridgehead atoms. The molecule has 0 saturated heterocycles. The van der Waals surface area contributed by atoms with Gasteiger partial charge in [-0.15, -0.1) is 0 Å². The van der Waals surface area contributed by atoms with Crippen molar-refractivity contribution in [3.63, 3.8) is 0 Å². The third kappa shape index (κ3) is 41.1. The van der Waals surface area contributed by atoms with Gasteiger partial charge in [-0.1, -0.05) is 143 Å². The molecule has 11 nitrogen and oxygen atoms in total. The van der Waals surface area contributed by atoms with Crippen molar-refractivity contribution in [1.82, 2.24) is 0 Å². The van der Waals surface area contributed by atoms with E-state index in [9.17, 15) is 28.9 Å². The van der Waals surface area contributed by atoms with Crippen molar-refractivity contribution < 1.29 is 52.6 Å². The quantitative estimate of drug-likeness (QED) is 0.0134. The van der Waals surface area contributed by atoms with Crippen LogP contribution in [0.15, 0.2) is 109 Å². The maximum atomic E-state index is 12.6. The van der Waals surface area contributed by atoms with E-state index in [0.29, 0.717) is 6.42 Å². The van der Waals surface area contributed by atoms with Gasteiger partial charge in [0.05, 0.1) is 19.8 Å². The normalized spacial score (nSPS) is 14.8. The Hall–Kier alpha value is -3.70. The van der Waals surface area contributed by atoms with E-state index in [0.717, 1.165) is 51.4 Å². The minimum atomic E-state index is -4.71. The second-order valence-electron chi connectivity index (χ2n) is 14.0. The second kappa shape index (κ2) is 42.0. The highest BCUT2D eigenvalue weighted by Gasteiger charge is 2.27. The number of hydrogen-bond acceptors (Lipinski definition) is 10. The van der Waals surface area contributed by atoms with Crippen LogP contribution in [0.25, 0.3) is 0 Å². The van der Waals surface area contributed by atoms with Crippen molar-refractivity contribution in [2.75, 3.05) is 26.4 Å². The maximum Gasteiger partial charge on any atom is 0.472 e. The lowest BCUT2D eigenvalue weighted by Crippen LogP contribution is -2.29. The zero-order chi connectivity index (χ0) is 44.2. The fraction of sp³-hybridized carbons (Fsp3) is 0.562. The number of hydrogen-bond donors (Lipinski definition) is 3. The summed E-state index contributed by atoms with van der Waals surface area (Å²) < 4.78 is 32.4. The van der Waals surface area contributed by atoms with Crippen molar-refractivity contribution in [2.45, 2.75) is 148 Å². The Bertz CT molecular complexity index is 1420. The van der Waals surface area contributed by atoms with Gasteiger partial charge in [-0.25, -0.2) is 4.57 Å². The third-order valence-corrected chi connectivity index (χ3v) is 9.34. The molecule has 338 valence electrons. The molecule has 3 N–H and O–H groups in total. The van der Waals surface area contributed by atoms with Crippen LogP contribution in [0.4, 0.5) is 0 Å². The molecule has 0 heterocycles. The van der Waals surface area contributed by atoms with Crippen molar-refractivity contribution in [3.05, 3.63) is 109 Å². The van der Waals surface area contributed by atoms with E-state index in [4.69, 9.17) is 19.1 Å². The smallest absolute Gasteiger partial charge is 0.462 e. The molecule has 3 atom stereocenters. The number of rotatable bonds is 39. The van der Waals surface area contributed by atoms with E-state index in [1.807, 2.05) is 24.3 Å². The Kier molecular flexibility index (Phi) is 39.4. The molecule has 0 aliphatic carbocycles. The first-order valence-corrected chi connectivity index (χ1v) is 23.3. The van der Waals surface area contributed by atoms with Gasteiger partial charge in [-0.3, -0.25) is 23.4 Å². The first-order valence-electron chi connectivity index (χ1n) is 21.8. The minimum absolute atomic E-state index is 0.0612. The molecule has 0 fully saturated rings. The van der Waals surface area contributed by atoms with Crippen LogP contribution in [0.2, 0.25) is 0 Å². The highest BCUT2D eigenvalue weighted by Crippen LogP contribution is 2.43. The molecule has 12 heteroatoms. The molecule has 0 saturated carbocycles. The average molecular weight is 859 g/mol.